The molecule has 0 bridgehead atoms. The summed E-state index contributed by atoms with van der Waals surface area (Å²) in [5, 5.41) is 0.751. The summed E-state index contributed by atoms with van der Waals surface area (Å²) >= 11 is 6.16. The molecule has 0 spiro atoms. The van der Waals surface area contributed by atoms with Crippen LogP contribution in [-0.4, -0.2) is 6.10 Å². The van der Waals surface area contributed by atoms with Gasteiger partial charge in [-0.15, -0.1) is 0 Å². The number of rotatable bonds is 3. The SMILES string of the molecule is Cc1cc(Cl)c(C)c(C(C)N)c1OC(C)C. The maximum atomic E-state index is 6.16. The molecule has 0 aromatic heterocycles. The monoisotopic (exact) mass is 241 g/mol. The number of halogens is 1. The van der Waals surface area contributed by atoms with Gasteiger partial charge in [-0.05, 0) is 51.8 Å². The number of nitrogens with two attached hydrogens (primary N) is 1. The van der Waals surface area contributed by atoms with Crippen molar-refractivity contribution in [2.75, 3.05) is 0 Å². The Labute approximate surface area is 103 Å². The van der Waals surface area contributed by atoms with Gasteiger partial charge in [0.2, 0.25) is 0 Å². The summed E-state index contributed by atoms with van der Waals surface area (Å²) in [6.07, 6.45) is 0.136. The van der Waals surface area contributed by atoms with E-state index in [2.05, 4.69) is 0 Å². The fourth-order valence-electron chi connectivity index (χ4n) is 1.82. The highest BCUT2D eigenvalue weighted by Crippen LogP contribution is 2.35. The molecule has 1 unspecified atom stereocenters. The maximum absolute atomic E-state index is 6.16. The third-order valence-corrected chi connectivity index (χ3v) is 2.91. The molecule has 1 aromatic carbocycles. The van der Waals surface area contributed by atoms with E-state index in [-0.39, 0.29) is 12.1 Å². The predicted octanol–water partition coefficient (Wildman–Crippen LogP) is 3.76. The lowest BCUT2D eigenvalue weighted by molar-refractivity contribution is 0.237. The highest BCUT2D eigenvalue weighted by molar-refractivity contribution is 6.31. The van der Waals surface area contributed by atoms with Gasteiger partial charge in [-0.25, -0.2) is 0 Å². The average Bonchev–Trinajstić information content (AvgIpc) is 2.13. The summed E-state index contributed by atoms with van der Waals surface area (Å²) in [7, 11) is 0. The van der Waals surface area contributed by atoms with Gasteiger partial charge in [0.05, 0.1) is 6.10 Å². The van der Waals surface area contributed by atoms with Crippen LogP contribution < -0.4 is 10.5 Å². The summed E-state index contributed by atoms with van der Waals surface area (Å²) in [6, 6.07) is 1.85. The molecule has 2 nitrogen and oxygen atoms in total. The van der Waals surface area contributed by atoms with E-state index in [0.717, 1.165) is 27.5 Å². The molecule has 0 aliphatic rings. The Bertz CT molecular complexity index is 386. The Morgan fingerprint density at radius 3 is 2.25 bits per heavy atom. The van der Waals surface area contributed by atoms with Crippen LogP contribution in [0.15, 0.2) is 6.07 Å². The normalized spacial score (nSPS) is 13.0. The van der Waals surface area contributed by atoms with Gasteiger partial charge in [-0.2, -0.15) is 0 Å². The van der Waals surface area contributed by atoms with E-state index < -0.39 is 0 Å². The van der Waals surface area contributed by atoms with Crippen LogP contribution in [-0.2, 0) is 0 Å². The van der Waals surface area contributed by atoms with Crippen molar-refractivity contribution in [2.45, 2.75) is 46.8 Å². The molecule has 1 atom stereocenters. The summed E-state index contributed by atoms with van der Waals surface area (Å²) in [5.74, 6) is 0.881. The van der Waals surface area contributed by atoms with Gasteiger partial charge in [0.1, 0.15) is 5.75 Å². The smallest absolute Gasteiger partial charge is 0.127 e. The Kier molecular flexibility index (Phi) is 4.22. The molecule has 90 valence electrons. The van der Waals surface area contributed by atoms with Crippen molar-refractivity contribution >= 4 is 11.6 Å². The van der Waals surface area contributed by atoms with Crippen LogP contribution in [0.25, 0.3) is 0 Å². The van der Waals surface area contributed by atoms with Crippen molar-refractivity contribution in [2.24, 2.45) is 5.73 Å². The van der Waals surface area contributed by atoms with E-state index in [1.807, 2.05) is 40.7 Å². The first-order valence-electron chi connectivity index (χ1n) is 5.56. The van der Waals surface area contributed by atoms with Crippen LogP contribution in [0.4, 0.5) is 0 Å². The van der Waals surface area contributed by atoms with Gasteiger partial charge in [-0.3, -0.25) is 0 Å². The van der Waals surface area contributed by atoms with E-state index in [1.54, 1.807) is 0 Å². The number of hydrogen-bond donors (Lipinski definition) is 1. The topological polar surface area (TPSA) is 35.2 Å². The minimum absolute atomic E-state index is 0.0776. The molecule has 0 saturated carbocycles. The summed E-state index contributed by atoms with van der Waals surface area (Å²) in [5.41, 5.74) is 9.05. The largest absolute Gasteiger partial charge is 0.490 e. The van der Waals surface area contributed by atoms with E-state index >= 15 is 0 Å². The lowest BCUT2D eigenvalue weighted by Gasteiger charge is -2.21. The molecule has 0 aliphatic heterocycles. The second-order valence-corrected chi connectivity index (χ2v) is 4.91. The lowest BCUT2D eigenvalue weighted by Crippen LogP contribution is -2.14. The Morgan fingerprint density at radius 1 is 1.25 bits per heavy atom. The molecule has 0 saturated heterocycles. The number of aryl methyl sites for hydroxylation is 1. The fourth-order valence-corrected chi connectivity index (χ4v) is 2.08. The molecule has 0 heterocycles. The van der Waals surface area contributed by atoms with Crippen molar-refractivity contribution in [1.29, 1.82) is 0 Å². The predicted molar refractivity (Wildman–Crippen MR) is 69.3 cm³/mol. The van der Waals surface area contributed by atoms with Crippen LogP contribution in [0.2, 0.25) is 5.02 Å². The maximum Gasteiger partial charge on any atom is 0.127 e. The first kappa shape index (κ1) is 13.3. The minimum atomic E-state index is -0.0776. The van der Waals surface area contributed by atoms with E-state index in [0.29, 0.717) is 0 Å². The molecule has 0 amide bonds. The van der Waals surface area contributed by atoms with Crippen LogP contribution in [0.5, 0.6) is 5.75 Å². The number of ether oxygens (including phenoxy) is 1. The van der Waals surface area contributed by atoms with Crippen LogP contribution >= 0.6 is 11.6 Å². The van der Waals surface area contributed by atoms with Crippen molar-refractivity contribution in [3.8, 4) is 5.75 Å². The van der Waals surface area contributed by atoms with E-state index in [4.69, 9.17) is 22.1 Å². The molecule has 0 fully saturated rings. The standard InChI is InChI=1S/C13H20ClNO/c1-7(2)16-13-8(3)6-11(14)9(4)12(13)10(5)15/h6-7,10H,15H2,1-5H3. The zero-order valence-electron chi connectivity index (χ0n) is 10.6. The highest BCUT2D eigenvalue weighted by atomic mass is 35.5. The summed E-state index contributed by atoms with van der Waals surface area (Å²) in [6.45, 7) is 9.94. The number of benzene rings is 1. The molecule has 0 aliphatic carbocycles. The molecule has 2 N–H and O–H groups in total. The third-order valence-electron chi connectivity index (χ3n) is 2.52. The quantitative estimate of drug-likeness (QED) is 0.875. The van der Waals surface area contributed by atoms with Crippen LogP contribution in [0.1, 0.15) is 43.5 Å². The summed E-state index contributed by atoms with van der Waals surface area (Å²) in [4.78, 5) is 0. The highest BCUT2D eigenvalue weighted by Gasteiger charge is 2.17. The second kappa shape index (κ2) is 5.07. The first-order chi connectivity index (χ1) is 7.34. The zero-order chi connectivity index (χ0) is 12.5. The molecule has 1 rings (SSSR count). The molecule has 1 aromatic rings. The minimum Gasteiger partial charge on any atom is -0.490 e. The van der Waals surface area contributed by atoms with E-state index in [1.165, 1.54) is 0 Å². The van der Waals surface area contributed by atoms with Gasteiger partial charge >= 0.3 is 0 Å². The Hall–Kier alpha value is -0.730. The molecular formula is C13H20ClNO. The summed E-state index contributed by atoms with van der Waals surface area (Å²) < 4.78 is 5.83. The van der Waals surface area contributed by atoms with Gasteiger partial charge in [-0.1, -0.05) is 11.6 Å². The van der Waals surface area contributed by atoms with Gasteiger partial charge in [0, 0.05) is 16.6 Å². The average molecular weight is 242 g/mol. The molecular weight excluding hydrogens is 222 g/mol. The number of hydrogen-bond acceptors (Lipinski definition) is 2. The van der Waals surface area contributed by atoms with Crippen molar-refractivity contribution in [3.63, 3.8) is 0 Å². The lowest BCUT2D eigenvalue weighted by atomic mass is 9.98. The van der Waals surface area contributed by atoms with Crippen molar-refractivity contribution in [1.82, 2.24) is 0 Å². The van der Waals surface area contributed by atoms with Crippen molar-refractivity contribution in [3.05, 3.63) is 27.8 Å². The van der Waals surface area contributed by atoms with E-state index in [9.17, 15) is 0 Å². The zero-order valence-corrected chi connectivity index (χ0v) is 11.4. The van der Waals surface area contributed by atoms with Crippen molar-refractivity contribution < 1.29 is 4.74 Å². The molecule has 3 heteroatoms. The fraction of sp³-hybridized carbons (Fsp3) is 0.538. The van der Waals surface area contributed by atoms with Gasteiger partial charge < -0.3 is 10.5 Å². The van der Waals surface area contributed by atoms with Crippen LogP contribution in [0.3, 0.4) is 0 Å². The third kappa shape index (κ3) is 2.69. The Balaban J connectivity index is 3.38. The molecule has 0 radical (unpaired) electrons. The first-order valence-corrected chi connectivity index (χ1v) is 5.94. The second-order valence-electron chi connectivity index (χ2n) is 4.50. The Morgan fingerprint density at radius 2 is 1.81 bits per heavy atom. The molecule has 16 heavy (non-hydrogen) atoms. The van der Waals surface area contributed by atoms with Crippen LogP contribution in [0, 0.1) is 13.8 Å². The van der Waals surface area contributed by atoms with Gasteiger partial charge in [0.25, 0.3) is 0 Å². The van der Waals surface area contributed by atoms with Gasteiger partial charge in [0.15, 0.2) is 0 Å².